The number of nitrogens with one attached hydrogen (secondary N) is 1. The summed E-state index contributed by atoms with van der Waals surface area (Å²) in [4.78, 5) is 18.8. The highest BCUT2D eigenvalue weighted by Gasteiger charge is 2.00. The maximum absolute atomic E-state index is 10.9. The van der Waals surface area contributed by atoms with Crippen molar-refractivity contribution in [3.63, 3.8) is 0 Å². The molecule has 1 heterocycles. The molecule has 6 heteroatoms. The molecular formula is C9H12N4O2. The molecule has 0 atom stereocenters. The minimum Gasteiger partial charge on any atom is -0.449 e. The van der Waals surface area contributed by atoms with Gasteiger partial charge < -0.3 is 4.74 Å². The first-order chi connectivity index (χ1) is 7.24. The Morgan fingerprint density at radius 3 is 3.00 bits per heavy atom. The number of amides is 1. The molecular weight excluding hydrogens is 196 g/mol. The molecule has 0 bridgehead atoms. The van der Waals surface area contributed by atoms with Crippen LogP contribution < -0.4 is 5.43 Å². The molecule has 1 aromatic heterocycles. The average molecular weight is 208 g/mol. The van der Waals surface area contributed by atoms with Gasteiger partial charge in [0.15, 0.2) is 0 Å². The average Bonchev–Trinajstić information content (AvgIpc) is 2.27. The first kappa shape index (κ1) is 11.1. The first-order valence-corrected chi connectivity index (χ1v) is 4.47. The summed E-state index contributed by atoms with van der Waals surface area (Å²) < 4.78 is 4.63. The van der Waals surface area contributed by atoms with Gasteiger partial charge in [0.2, 0.25) is 0 Å². The Bertz CT molecular complexity index is 350. The van der Waals surface area contributed by atoms with Crippen molar-refractivity contribution in [2.24, 2.45) is 5.10 Å². The second-order valence-electron chi connectivity index (χ2n) is 2.62. The van der Waals surface area contributed by atoms with E-state index in [1.165, 1.54) is 0 Å². The molecule has 0 aliphatic carbocycles. The van der Waals surface area contributed by atoms with E-state index in [2.05, 4.69) is 25.2 Å². The van der Waals surface area contributed by atoms with Gasteiger partial charge >= 0.3 is 6.09 Å². The molecule has 1 rings (SSSR count). The van der Waals surface area contributed by atoms with E-state index >= 15 is 0 Å². The zero-order valence-corrected chi connectivity index (χ0v) is 8.60. The largest absolute Gasteiger partial charge is 0.449 e. The maximum atomic E-state index is 10.9. The second-order valence-corrected chi connectivity index (χ2v) is 2.62. The fourth-order valence-electron chi connectivity index (χ4n) is 0.836. The molecule has 6 nitrogen and oxygen atoms in total. The van der Waals surface area contributed by atoms with Gasteiger partial charge in [0.05, 0.1) is 18.5 Å². The Kier molecular flexibility index (Phi) is 4.21. The predicted octanol–water partition coefficient (Wildman–Crippen LogP) is 0.947. The molecule has 0 unspecified atom stereocenters. The molecule has 0 aliphatic heterocycles. The number of hydrogen-bond donors (Lipinski definition) is 1. The molecule has 0 spiro atoms. The highest BCUT2D eigenvalue weighted by molar-refractivity contribution is 5.96. The van der Waals surface area contributed by atoms with Crippen LogP contribution in [0.15, 0.2) is 23.7 Å². The van der Waals surface area contributed by atoms with Gasteiger partial charge in [-0.05, 0) is 13.8 Å². The second kappa shape index (κ2) is 5.69. The molecule has 15 heavy (non-hydrogen) atoms. The van der Waals surface area contributed by atoms with E-state index in [0.717, 1.165) is 0 Å². The summed E-state index contributed by atoms with van der Waals surface area (Å²) in [5.41, 5.74) is 3.41. The van der Waals surface area contributed by atoms with Crippen molar-refractivity contribution in [1.29, 1.82) is 0 Å². The van der Waals surface area contributed by atoms with E-state index in [-0.39, 0.29) is 0 Å². The predicted molar refractivity (Wildman–Crippen MR) is 54.4 cm³/mol. The Morgan fingerprint density at radius 2 is 2.40 bits per heavy atom. The number of aromatic nitrogens is 2. The molecule has 0 aliphatic rings. The van der Waals surface area contributed by atoms with E-state index < -0.39 is 6.09 Å². The van der Waals surface area contributed by atoms with Crippen molar-refractivity contribution in [1.82, 2.24) is 15.4 Å². The lowest BCUT2D eigenvalue weighted by molar-refractivity contribution is 0.152. The highest BCUT2D eigenvalue weighted by Crippen LogP contribution is 1.92. The van der Waals surface area contributed by atoms with Gasteiger partial charge in [-0.25, -0.2) is 10.2 Å². The van der Waals surface area contributed by atoms with Gasteiger partial charge in [0, 0.05) is 12.4 Å². The number of hydrazone groups is 1. The quantitative estimate of drug-likeness (QED) is 0.592. The van der Waals surface area contributed by atoms with Crippen molar-refractivity contribution >= 4 is 11.8 Å². The van der Waals surface area contributed by atoms with E-state index in [1.807, 2.05) is 0 Å². The molecule has 0 aromatic carbocycles. The lowest BCUT2D eigenvalue weighted by atomic mass is 10.3. The lowest BCUT2D eigenvalue weighted by Gasteiger charge is -2.01. The summed E-state index contributed by atoms with van der Waals surface area (Å²) in [6.07, 6.45) is 4.10. The van der Waals surface area contributed by atoms with Crippen LogP contribution in [0.4, 0.5) is 4.79 Å². The Balaban J connectivity index is 2.57. The van der Waals surface area contributed by atoms with Gasteiger partial charge in [0.1, 0.15) is 5.69 Å². The van der Waals surface area contributed by atoms with Crippen LogP contribution in [0, 0.1) is 0 Å². The summed E-state index contributed by atoms with van der Waals surface area (Å²) >= 11 is 0. The summed E-state index contributed by atoms with van der Waals surface area (Å²) in [6.45, 7) is 3.75. The molecule has 80 valence electrons. The van der Waals surface area contributed by atoms with Crippen LogP contribution in [0.25, 0.3) is 0 Å². The summed E-state index contributed by atoms with van der Waals surface area (Å²) in [5, 5.41) is 3.80. The number of rotatable bonds is 3. The summed E-state index contributed by atoms with van der Waals surface area (Å²) in [6, 6.07) is 0. The van der Waals surface area contributed by atoms with Crippen LogP contribution in [0.2, 0.25) is 0 Å². The number of carbonyl (C=O) groups is 1. The van der Waals surface area contributed by atoms with Crippen molar-refractivity contribution in [2.75, 3.05) is 6.61 Å². The van der Waals surface area contributed by atoms with Crippen LogP contribution >= 0.6 is 0 Å². The fourth-order valence-corrected chi connectivity index (χ4v) is 0.836. The monoisotopic (exact) mass is 208 g/mol. The molecule has 1 aromatic rings. The zero-order valence-electron chi connectivity index (χ0n) is 8.60. The minimum absolute atomic E-state index is 0.311. The number of carbonyl (C=O) groups excluding carboxylic acids is 1. The van der Waals surface area contributed by atoms with Crippen molar-refractivity contribution < 1.29 is 9.53 Å². The third-order valence-corrected chi connectivity index (χ3v) is 1.52. The van der Waals surface area contributed by atoms with Gasteiger partial charge in [-0.1, -0.05) is 0 Å². The number of ether oxygens (including phenoxy) is 1. The molecule has 0 radical (unpaired) electrons. The summed E-state index contributed by atoms with van der Waals surface area (Å²) in [5.74, 6) is 0. The molecule has 0 fully saturated rings. The number of nitrogens with zero attached hydrogens (tertiary/aromatic N) is 3. The Morgan fingerprint density at radius 1 is 1.60 bits per heavy atom. The Hall–Kier alpha value is -1.98. The molecule has 1 N–H and O–H groups in total. The van der Waals surface area contributed by atoms with Gasteiger partial charge in [-0.15, -0.1) is 0 Å². The third kappa shape index (κ3) is 3.72. The smallest absolute Gasteiger partial charge is 0.427 e. The fraction of sp³-hybridized carbons (Fsp3) is 0.333. The lowest BCUT2D eigenvalue weighted by Crippen LogP contribution is -2.20. The van der Waals surface area contributed by atoms with Gasteiger partial charge in [0.25, 0.3) is 0 Å². The SMILES string of the molecule is CCOC(=O)NN=C(C)c1cnccn1. The van der Waals surface area contributed by atoms with Crippen molar-refractivity contribution in [3.8, 4) is 0 Å². The summed E-state index contributed by atoms with van der Waals surface area (Å²) in [7, 11) is 0. The zero-order chi connectivity index (χ0) is 11.1. The Labute approximate surface area is 87.4 Å². The van der Waals surface area contributed by atoms with Crippen LogP contribution in [0.3, 0.4) is 0 Å². The molecule has 0 saturated heterocycles. The standard InChI is InChI=1S/C9H12N4O2/c1-3-15-9(14)13-12-7(2)8-6-10-4-5-11-8/h4-6H,3H2,1-2H3,(H,13,14). The number of hydrogen-bond acceptors (Lipinski definition) is 5. The van der Waals surface area contributed by atoms with Gasteiger partial charge in [-0.3, -0.25) is 9.97 Å². The van der Waals surface area contributed by atoms with Crippen molar-refractivity contribution in [2.45, 2.75) is 13.8 Å². The highest BCUT2D eigenvalue weighted by atomic mass is 16.5. The molecule has 0 saturated carbocycles. The molecule has 1 amide bonds. The van der Waals surface area contributed by atoms with Crippen LogP contribution in [-0.4, -0.2) is 28.4 Å². The van der Waals surface area contributed by atoms with Crippen molar-refractivity contribution in [3.05, 3.63) is 24.3 Å². The third-order valence-electron chi connectivity index (χ3n) is 1.52. The normalized spacial score (nSPS) is 10.9. The van der Waals surface area contributed by atoms with Crippen LogP contribution in [0.1, 0.15) is 19.5 Å². The van der Waals surface area contributed by atoms with E-state index in [4.69, 9.17) is 0 Å². The van der Waals surface area contributed by atoms with Gasteiger partial charge in [-0.2, -0.15) is 5.10 Å². The van der Waals surface area contributed by atoms with Crippen LogP contribution in [0.5, 0.6) is 0 Å². The first-order valence-electron chi connectivity index (χ1n) is 4.47. The van der Waals surface area contributed by atoms with E-state index in [1.54, 1.807) is 32.4 Å². The topological polar surface area (TPSA) is 76.5 Å². The minimum atomic E-state index is -0.583. The van der Waals surface area contributed by atoms with E-state index in [9.17, 15) is 4.79 Å². The maximum Gasteiger partial charge on any atom is 0.427 e. The van der Waals surface area contributed by atoms with Crippen LogP contribution in [-0.2, 0) is 4.74 Å². The van der Waals surface area contributed by atoms with E-state index in [0.29, 0.717) is 18.0 Å².